The molecule has 0 bridgehead atoms. The van der Waals surface area contributed by atoms with Crippen molar-refractivity contribution in [2.24, 2.45) is 5.41 Å². The Hall–Kier alpha value is -1.61. The highest BCUT2D eigenvalue weighted by atomic mass is 15.3. The molecule has 1 aromatic heterocycles. The van der Waals surface area contributed by atoms with Crippen LogP contribution < -0.4 is 5.32 Å². The van der Waals surface area contributed by atoms with Crippen LogP contribution in [0.5, 0.6) is 0 Å². The number of para-hydroxylation sites is 1. The SMILES string of the molecule is CNC1CC(C)(C)Cc2c1cnn2-c1ccccc1. The zero-order valence-electron chi connectivity index (χ0n) is 11.9. The molecule has 1 aliphatic rings. The van der Waals surface area contributed by atoms with E-state index in [2.05, 4.69) is 53.2 Å². The maximum atomic E-state index is 4.61. The largest absolute Gasteiger partial charge is 0.313 e. The van der Waals surface area contributed by atoms with Gasteiger partial charge < -0.3 is 5.32 Å². The Morgan fingerprint density at radius 3 is 2.68 bits per heavy atom. The fraction of sp³-hybridized carbons (Fsp3) is 0.438. The first-order valence-electron chi connectivity index (χ1n) is 6.90. The van der Waals surface area contributed by atoms with Crippen molar-refractivity contribution in [3.05, 3.63) is 47.8 Å². The number of hydrogen-bond donors (Lipinski definition) is 1. The van der Waals surface area contributed by atoms with Crippen LogP contribution in [0.25, 0.3) is 5.69 Å². The first-order valence-corrected chi connectivity index (χ1v) is 6.90. The lowest BCUT2D eigenvalue weighted by Gasteiger charge is -2.35. The van der Waals surface area contributed by atoms with Gasteiger partial charge >= 0.3 is 0 Å². The number of rotatable bonds is 2. The number of nitrogens with zero attached hydrogens (tertiary/aromatic N) is 2. The summed E-state index contributed by atoms with van der Waals surface area (Å²) in [6.07, 6.45) is 4.27. The van der Waals surface area contributed by atoms with Gasteiger partial charge in [-0.15, -0.1) is 0 Å². The highest BCUT2D eigenvalue weighted by Crippen LogP contribution is 2.41. The molecule has 1 heterocycles. The van der Waals surface area contributed by atoms with Crippen LogP contribution in [0, 0.1) is 5.41 Å². The molecule has 19 heavy (non-hydrogen) atoms. The standard InChI is InChI=1S/C16H21N3/c1-16(2)9-14(17-3)13-11-18-19(15(13)10-16)12-7-5-4-6-8-12/h4-8,11,14,17H,9-10H2,1-3H3. The van der Waals surface area contributed by atoms with Gasteiger partial charge in [-0.3, -0.25) is 0 Å². The summed E-state index contributed by atoms with van der Waals surface area (Å²) >= 11 is 0. The molecule has 1 N–H and O–H groups in total. The van der Waals surface area contributed by atoms with E-state index in [4.69, 9.17) is 0 Å². The normalized spacial score (nSPS) is 21.1. The van der Waals surface area contributed by atoms with Gasteiger partial charge in [-0.05, 0) is 37.4 Å². The van der Waals surface area contributed by atoms with Crippen molar-refractivity contribution in [1.82, 2.24) is 15.1 Å². The highest BCUT2D eigenvalue weighted by molar-refractivity contribution is 5.37. The molecule has 3 nitrogen and oxygen atoms in total. The lowest BCUT2D eigenvalue weighted by molar-refractivity contribution is 0.260. The summed E-state index contributed by atoms with van der Waals surface area (Å²) in [5, 5.41) is 8.04. The van der Waals surface area contributed by atoms with Gasteiger partial charge in [-0.1, -0.05) is 32.0 Å². The fourth-order valence-corrected chi connectivity index (χ4v) is 3.09. The second kappa shape index (κ2) is 4.49. The average Bonchev–Trinajstić information content (AvgIpc) is 2.81. The van der Waals surface area contributed by atoms with E-state index in [9.17, 15) is 0 Å². The number of hydrogen-bond acceptors (Lipinski definition) is 2. The van der Waals surface area contributed by atoms with E-state index in [1.165, 1.54) is 11.3 Å². The zero-order chi connectivity index (χ0) is 13.5. The Morgan fingerprint density at radius 1 is 1.26 bits per heavy atom. The minimum atomic E-state index is 0.313. The molecule has 1 unspecified atom stereocenters. The van der Waals surface area contributed by atoms with Crippen LogP contribution in [0.4, 0.5) is 0 Å². The van der Waals surface area contributed by atoms with Gasteiger partial charge in [-0.25, -0.2) is 4.68 Å². The number of fused-ring (bicyclic) bond motifs is 1. The molecule has 0 aliphatic heterocycles. The van der Waals surface area contributed by atoms with E-state index in [0.717, 1.165) is 18.5 Å². The Balaban J connectivity index is 2.09. The number of nitrogens with one attached hydrogen (secondary N) is 1. The number of benzene rings is 1. The van der Waals surface area contributed by atoms with Crippen molar-refractivity contribution in [1.29, 1.82) is 0 Å². The minimum Gasteiger partial charge on any atom is -0.313 e. The van der Waals surface area contributed by atoms with Crippen molar-refractivity contribution in [2.45, 2.75) is 32.7 Å². The molecule has 0 radical (unpaired) electrons. The molecular formula is C16H21N3. The van der Waals surface area contributed by atoms with E-state index < -0.39 is 0 Å². The second-order valence-electron chi connectivity index (χ2n) is 6.18. The molecular weight excluding hydrogens is 234 g/mol. The molecule has 100 valence electrons. The molecule has 0 spiro atoms. The van der Waals surface area contributed by atoms with Gasteiger partial charge in [0.05, 0.1) is 11.9 Å². The molecule has 2 aromatic rings. The molecule has 1 aliphatic carbocycles. The summed E-state index contributed by atoms with van der Waals surface area (Å²) in [6.45, 7) is 4.67. The summed E-state index contributed by atoms with van der Waals surface area (Å²) in [7, 11) is 2.04. The molecule has 0 amide bonds. The van der Waals surface area contributed by atoms with Crippen LogP contribution in [-0.2, 0) is 6.42 Å². The minimum absolute atomic E-state index is 0.313. The Morgan fingerprint density at radius 2 is 2.00 bits per heavy atom. The van der Waals surface area contributed by atoms with Crippen molar-refractivity contribution in [2.75, 3.05) is 7.05 Å². The molecule has 3 rings (SSSR count). The molecule has 1 atom stereocenters. The average molecular weight is 255 g/mol. The van der Waals surface area contributed by atoms with E-state index in [1.54, 1.807) is 0 Å². The first-order chi connectivity index (χ1) is 9.11. The van der Waals surface area contributed by atoms with E-state index in [-0.39, 0.29) is 0 Å². The Kier molecular flexibility index (Phi) is 2.94. The summed E-state index contributed by atoms with van der Waals surface area (Å²) in [5.41, 5.74) is 4.16. The zero-order valence-corrected chi connectivity index (χ0v) is 11.9. The van der Waals surface area contributed by atoms with Gasteiger partial charge in [0.15, 0.2) is 0 Å². The molecule has 1 aromatic carbocycles. The van der Waals surface area contributed by atoms with E-state index in [0.29, 0.717) is 11.5 Å². The quantitative estimate of drug-likeness (QED) is 0.893. The number of aromatic nitrogens is 2. The van der Waals surface area contributed by atoms with Crippen LogP contribution in [0.15, 0.2) is 36.5 Å². The third-order valence-electron chi connectivity index (χ3n) is 4.03. The van der Waals surface area contributed by atoms with Gasteiger partial charge in [0.2, 0.25) is 0 Å². The summed E-state index contributed by atoms with van der Waals surface area (Å²) in [6, 6.07) is 10.8. The molecule has 0 fully saturated rings. The second-order valence-corrected chi connectivity index (χ2v) is 6.18. The highest BCUT2D eigenvalue weighted by Gasteiger charge is 2.34. The Labute approximate surface area is 114 Å². The Bertz CT molecular complexity index is 569. The summed E-state index contributed by atoms with van der Waals surface area (Å²) in [4.78, 5) is 0. The van der Waals surface area contributed by atoms with Crippen molar-refractivity contribution < 1.29 is 0 Å². The van der Waals surface area contributed by atoms with Crippen molar-refractivity contribution >= 4 is 0 Å². The summed E-state index contributed by atoms with van der Waals surface area (Å²) < 4.78 is 2.10. The summed E-state index contributed by atoms with van der Waals surface area (Å²) in [5.74, 6) is 0. The molecule has 0 saturated carbocycles. The lowest BCUT2D eigenvalue weighted by atomic mass is 9.74. The molecule has 3 heteroatoms. The fourth-order valence-electron chi connectivity index (χ4n) is 3.09. The first kappa shape index (κ1) is 12.4. The van der Waals surface area contributed by atoms with Crippen LogP contribution in [-0.4, -0.2) is 16.8 Å². The van der Waals surface area contributed by atoms with Crippen LogP contribution in [0.2, 0.25) is 0 Å². The predicted octanol–water partition coefficient (Wildman–Crippen LogP) is 3.11. The van der Waals surface area contributed by atoms with Crippen LogP contribution in [0.3, 0.4) is 0 Å². The topological polar surface area (TPSA) is 29.9 Å². The van der Waals surface area contributed by atoms with Gasteiger partial charge in [-0.2, -0.15) is 5.10 Å². The van der Waals surface area contributed by atoms with Crippen LogP contribution >= 0.6 is 0 Å². The lowest BCUT2D eigenvalue weighted by Crippen LogP contribution is -2.32. The maximum Gasteiger partial charge on any atom is 0.0648 e. The van der Waals surface area contributed by atoms with Crippen LogP contribution in [0.1, 0.15) is 37.6 Å². The van der Waals surface area contributed by atoms with Gasteiger partial charge in [0.1, 0.15) is 0 Å². The van der Waals surface area contributed by atoms with E-state index in [1.807, 2.05) is 19.3 Å². The van der Waals surface area contributed by atoms with Gasteiger partial charge in [0.25, 0.3) is 0 Å². The van der Waals surface area contributed by atoms with Gasteiger partial charge in [0, 0.05) is 17.3 Å². The smallest absolute Gasteiger partial charge is 0.0648 e. The molecule has 0 saturated heterocycles. The maximum absolute atomic E-state index is 4.61. The van der Waals surface area contributed by atoms with Crippen molar-refractivity contribution in [3.63, 3.8) is 0 Å². The monoisotopic (exact) mass is 255 g/mol. The third-order valence-corrected chi connectivity index (χ3v) is 4.03. The van der Waals surface area contributed by atoms with E-state index >= 15 is 0 Å². The van der Waals surface area contributed by atoms with Crippen molar-refractivity contribution in [3.8, 4) is 5.69 Å². The predicted molar refractivity (Wildman–Crippen MR) is 77.5 cm³/mol. The third kappa shape index (κ3) is 2.19.